The van der Waals surface area contributed by atoms with Gasteiger partial charge in [0.25, 0.3) is 15.9 Å². The molecule has 1 fully saturated rings. The third-order valence-corrected chi connectivity index (χ3v) is 6.66. The van der Waals surface area contributed by atoms with Crippen LogP contribution in [0.25, 0.3) is 0 Å². The molecule has 1 atom stereocenters. The standard InChI is InChI=1S/C22H26FN3O4S/c1-15-9-10-19(13-20(15)23)31(29,30)25-18-7-5-6-17(12-18)22(28)24-14-16(2)26-11-4-3-8-21(26)27/h5-7,9-10,12-13,16,25H,3-4,8,11,14H2,1-2H3,(H,24,28)/t16-/m0/s1. The average molecular weight is 448 g/mol. The second kappa shape index (κ2) is 9.47. The summed E-state index contributed by atoms with van der Waals surface area (Å²) in [7, 11) is -4.01. The highest BCUT2D eigenvalue weighted by Gasteiger charge is 2.23. The first kappa shape index (κ1) is 22.7. The van der Waals surface area contributed by atoms with Crippen molar-refractivity contribution < 1.29 is 22.4 Å². The Morgan fingerprint density at radius 3 is 2.68 bits per heavy atom. The van der Waals surface area contributed by atoms with Gasteiger partial charge in [-0.05, 0) is 62.6 Å². The van der Waals surface area contributed by atoms with E-state index in [1.54, 1.807) is 24.0 Å². The first-order chi connectivity index (χ1) is 14.7. The highest BCUT2D eigenvalue weighted by molar-refractivity contribution is 7.92. The zero-order chi connectivity index (χ0) is 22.6. The SMILES string of the molecule is Cc1ccc(S(=O)(=O)Nc2cccc(C(=O)NC[C@H](C)N3CCCCC3=O)c2)cc1F. The van der Waals surface area contributed by atoms with Gasteiger partial charge in [0, 0.05) is 36.8 Å². The number of aryl methyl sites for hydroxylation is 1. The normalized spacial score (nSPS) is 15.5. The number of nitrogens with one attached hydrogen (secondary N) is 2. The topological polar surface area (TPSA) is 95.6 Å². The van der Waals surface area contributed by atoms with Gasteiger partial charge in [0.05, 0.1) is 4.90 Å². The molecule has 3 rings (SSSR count). The van der Waals surface area contributed by atoms with E-state index in [1.807, 2.05) is 6.92 Å². The number of benzene rings is 2. The van der Waals surface area contributed by atoms with E-state index in [9.17, 15) is 22.4 Å². The van der Waals surface area contributed by atoms with Crippen molar-refractivity contribution >= 4 is 27.5 Å². The van der Waals surface area contributed by atoms with E-state index in [4.69, 9.17) is 0 Å². The van der Waals surface area contributed by atoms with Crippen molar-refractivity contribution in [2.45, 2.75) is 44.0 Å². The molecule has 1 aliphatic heterocycles. The summed E-state index contributed by atoms with van der Waals surface area (Å²) in [4.78, 5) is 26.1. The molecule has 0 bridgehead atoms. The van der Waals surface area contributed by atoms with Gasteiger partial charge in [-0.2, -0.15) is 0 Å². The molecule has 0 spiro atoms. The first-order valence-corrected chi connectivity index (χ1v) is 11.6. The van der Waals surface area contributed by atoms with Crippen LogP contribution in [0.3, 0.4) is 0 Å². The van der Waals surface area contributed by atoms with E-state index in [0.717, 1.165) is 18.9 Å². The van der Waals surface area contributed by atoms with Gasteiger partial charge >= 0.3 is 0 Å². The van der Waals surface area contributed by atoms with Crippen molar-refractivity contribution in [3.05, 3.63) is 59.4 Å². The van der Waals surface area contributed by atoms with Crippen molar-refractivity contribution in [3.63, 3.8) is 0 Å². The molecule has 0 aromatic heterocycles. The molecule has 2 aromatic carbocycles. The summed E-state index contributed by atoms with van der Waals surface area (Å²) in [5, 5.41) is 2.79. The summed E-state index contributed by atoms with van der Waals surface area (Å²) >= 11 is 0. The molecule has 2 aromatic rings. The van der Waals surface area contributed by atoms with Gasteiger partial charge in [-0.1, -0.05) is 12.1 Å². The molecule has 9 heteroatoms. The number of hydrogen-bond acceptors (Lipinski definition) is 4. The van der Waals surface area contributed by atoms with Gasteiger partial charge in [0.1, 0.15) is 5.82 Å². The Morgan fingerprint density at radius 1 is 1.19 bits per heavy atom. The predicted octanol–water partition coefficient (Wildman–Crippen LogP) is 3.07. The van der Waals surface area contributed by atoms with Gasteiger partial charge in [0.15, 0.2) is 0 Å². The van der Waals surface area contributed by atoms with Crippen molar-refractivity contribution in [1.82, 2.24) is 10.2 Å². The fourth-order valence-electron chi connectivity index (χ4n) is 3.42. The van der Waals surface area contributed by atoms with Crippen LogP contribution >= 0.6 is 0 Å². The van der Waals surface area contributed by atoms with Crippen LogP contribution in [0.15, 0.2) is 47.4 Å². The molecule has 1 heterocycles. The Hall–Kier alpha value is -2.94. The third-order valence-electron chi connectivity index (χ3n) is 5.28. The Morgan fingerprint density at radius 2 is 1.97 bits per heavy atom. The van der Waals surface area contributed by atoms with Crippen LogP contribution in [-0.4, -0.2) is 44.3 Å². The molecule has 2 N–H and O–H groups in total. The number of anilines is 1. The maximum Gasteiger partial charge on any atom is 0.261 e. The number of carbonyl (C=O) groups is 2. The van der Waals surface area contributed by atoms with Crippen molar-refractivity contribution in [2.24, 2.45) is 0 Å². The summed E-state index contributed by atoms with van der Waals surface area (Å²) in [5.41, 5.74) is 0.804. The molecule has 166 valence electrons. The minimum Gasteiger partial charge on any atom is -0.350 e. The Bertz CT molecular complexity index is 1090. The maximum atomic E-state index is 13.8. The van der Waals surface area contributed by atoms with Crippen molar-refractivity contribution in [1.29, 1.82) is 0 Å². The highest BCUT2D eigenvalue weighted by Crippen LogP contribution is 2.19. The number of rotatable bonds is 7. The molecule has 2 amide bonds. The van der Waals surface area contributed by atoms with E-state index in [-0.39, 0.29) is 34.0 Å². The average Bonchev–Trinajstić information content (AvgIpc) is 2.73. The molecule has 0 aliphatic carbocycles. The first-order valence-electron chi connectivity index (χ1n) is 10.1. The van der Waals surface area contributed by atoms with Gasteiger partial charge in [-0.3, -0.25) is 14.3 Å². The zero-order valence-corrected chi connectivity index (χ0v) is 18.3. The van der Waals surface area contributed by atoms with Crippen LogP contribution in [-0.2, 0) is 14.8 Å². The van der Waals surface area contributed by atoms with Crippen LogP contribution in [0.4, 0.5) is 10.1 Å². The fourth-order valence-corrected chi connectivity index (χ4v) is 4.49. The third kappa shape index (κ3) is 5.61. The molecular formula is C22H26FN3O4S. The quantitative estimate of drug-likeness (QED) is 0.682. The van der Waals surface area contributed by atoms with Crippen LogP contribution < -0.4 is 10.0 Å². The number of halogens is 1. The summed E-state index contributed by atoms with van der Waals surface area (Å²) < 4.78 is 41.2. The minimum atomic E-state index is -4.01. The molecule has 31 heavy (non-hydrogen) atoms. The number of amides is 2. The Balaban J connectivity index is 1.65. The van der Waals surface area contributed by atoms with E-state index in [0.29, 0.717) is 25.1 Å². The summed E-state index contributed by atoms with van der Waals surface area (Å²) in [6.07, 6.45) is 2.38. The number of likely N-dealkylation sites (tertiary alicyclic amines) is 1. The number of nitrogens with zero attached hydrogens (tertiary/aromatic N) is 1. The number of piperidine rings is 1. The monoisotopic (exact) mass is 447 g/mol. The van der Waals surface area contributed by atoms with Crippen LogP contribution in [0.1, 0.15) is 42.1 Å². The second-order valence-corrected chi connectivity index (χ2v) is 9.38. The van der Waals surface area contributed by atoms with Crippen molar-refractivity contribution in [2.75, 3.05) is 17.8 Å². The number of carbonyl (C=O) groups excluding carboxylic acids is 2. The highest BCUT2D eigenvalue weighted by atomic mass is 32.2. The zero-order valence-electron chi connectivity index (χ0n) is 17.5. The van der Waals surface area contributed by atoms with E-state index >= 15 is 0 Å². The fraction of sp³-hybridized carbons (Fsp3) is 0.364. The molecular weight excluding hydrogens is 421 g/mol. The molecule has 7 nitrogen and oxygen atoms in total. The lowest BCUT2D eigenvalue weighted by atomic mass is 10.1. The lowest BCUT2D eigenvalue weighted by Crippen LogP contribution is -2.47. The van der Waals surface area contributed by atoms with Gasteiger partial charge < -0.3 is 10.2 Å². The van der Waals surface area contributed by atoms with E-state index in [2.05, 4.69) is 10.0 Å². The lowest BCUT2D eigenvalue weighted by Gasteiger charge is -2.32. The van der Waals surface area contributed by atoms with Crippen LogP contribution in [0.5, 0.6) is 0 Å². The lowest BCUT2D eigenvalue weighted by molar-refractivity contribution is -0.135. The van der Waals surface area contributed by atoms with Crippen LogP contribution in [0, 0.1) is 12.7 Å². The van der Waals surface area contributed by atoms with Gasteiger partial charge in [-0.15, -0.1) is 0 Å². The Kier molecular flexibility index (Phi) is 6.94. The number of hydrogen-bond donors (Lipinski definition) is 2. The van der Waals surface area contributed by atoms with E-state index < -0.39 is 15.8 Å². The van der Waals surface area contributed by atoms with E-state index in [1.165, 1.54) is 24.3 Å². The maximum absolute atomic E-state index is 13.8. The summed E-state index contributed by atoms with van der Waals surface area (Å²) in [6.45, 7) is 4.41. The van der Waals surface area contributed by atoms with Gasteiger partial charge in [0.2, 0.25) is 5.91 Å². The smallest absolute Gasteiger partial charge is 0.261 e. The molecule has 0 unspecified atom stereocenters. The second-order valence-electron chi connectivity index (χ2n) is 7.70. The van der Waals surface area contributed by atoms with Gasteiger partial charge in [-0.25, -0.2) is 12.8 Å². The minimum absolute atomic E-state index is 0.0944. The summed E-state index contributed by atoms with van der Waals surface area (Å²) in [6, 6.07) is 9.58. The van der Waals surface area contributed by atoms with Crippen LogP contribution in [0.2, 0.25) is 0 Å². The molecule has 1 aliphatic rings. The molecule has 0 saturated carbocycles. The van der Waals surface area contributed by atoms with Crippen molar-refractivity contribution in [3.8, 4) is 0 Å². The number of sulfonamides is 1. The summed E-state index contributed by atoms with van der Waals surface area (Å²) in [5.74, 6) is -0.895. The molecule has 1 saturated heterocycles. The largest absolute Gasteiger partial charge is 0.350 e. The predicted molar refractivity (Wildman–Crippen MR) is 116 cm³/mol. The molecule has 0 radical (unpaired) electrons. The Labute approximate surface area is 181 Å².